The molecule has 2 aliphatic rings. The van der Waals surface area contributed by atoms with Gasteiger partial charge in [0.05, 0.1) is 6.42 Å². The fraction of sp³-hybridized carbons (Fsp3) is 0.562. The predicted octanol–water partition coefficient (Wildman–Crippen LogP) is 1.53. The highest BCUT2D eigenvalue weighted by Crippen LogP contribution is 2.27. The van der Waals surface area contributed by atoms with E-state index in [1.54, 1.807) is 12.1 Å². The Morgan fingerprint density at radius 1 is 1.28 bits per heavy atom. The van der Waals surface area contributed by atoms with Crippen molar-refractivity contribution in [1.82, 2.24) is 14.9 Å². The van der Waals surface area contributed by atoms with E-state index in [1.165, 1.54) is 21.2 Å². The molecule has 1 fully saturated rings. The van der Waals surface area contributed by atoms with Crippen molar-refractivity contribution in [2.45, 2.75) is 29.9 Å². The van der Waals surface area contributed by atoms with Crippen LogP contribution in [0.3, 0.4) is 0 Å². The Balaban J connectivity index is 0.00000225. The Morgan fingerprint density at radius 3 is 2.72 bits per heavy atom. The summed E-state index contributed by atoms with van der Waals surface area (Å²) in [5.41, 5.74) is 1.24. The number of sulfonamides is 1. The van der Waals surface area contributed by atoms with Crippen molar-refractivity contribution in [2.75, 3.05) is 32.7 Å². The number of amides is 1. The van der Waals surface area contributed by atoms with E-state index in [1.807, 2.05) is 0 Å². The minimum absolute atomic E-state index is 0. The van der Waals surface area contributed by atoms with Gasteiger partial charge in [-0.2, -0.15) is 4.31 Å². The zero-order chi connectivity index (χ0) is 17.0. The minimum Gasteiger partial charge on any atom is -0.352 e. The summed E-state index contributed by atoms with van der Waals surface area (Å²) in [4.78, 5) is 12.8. The Kier molecular flexibility index (Phi) is 7.45. The van der Waals surface area contributed by atoms with Crippen LogP contribution in [-0.4, -0.2) is 51.4 Å². The van der Waals surface area contributed by atoms with E-state index in [0.29, 0.717) is 23.8 Å². The lowest BCUT2D eigenvalue weighted by Crippen LogP contribution is -2.30. The first-order chi connectivity index (χ1) is 11.6. The first-order valence-corrected chi connectivity index (χ1v) is 10.6. The van der Waals surface area contributed by atoms with Crippen molar-refractivity contribution in [3.05, 3.63) is 28.7 Å². The number of carbonyl (C=O) groups is 1. The van der Waals surface area contributed by atoms with Crippen LogP contribution in [0.1, 0.15) is 24.1 Å². The lowest BCUT2D eigenvalue weighted by atomic mass is 10.1. The van der Waals surface area contributed by atoms with Gasteiger partial charge < -0.3 is 10.6 Å². The molecule has 3 rings (SSSR count). The third-order valence-electron chi connectivity index (χ3n) is 4.30. The van der Waals surface area contributed by atoms with Crippen molar-refractivity contribution < 1.29 is 13.2 Å². The highest BCUT2D eigenvalue weighted by atomic mass is 35.5. The van der Waals surface area contributed by atoms with Gasteiger partial charge in [0.2, 0.25) is 5.91 Å². The van der Waals surface area contributed by atoms with Crippen molar-refractivity contribution in [3.8, 4) is 0 Å². The van der Waals surface area contributed by atoms with Crippen LogP contribution >= 0.6 is 23.7 Å². The summed E-state index contributed by atoms with van der Waals surface area (Å²) in [6.45, 7) is 3.57. The Labute approximate surface area is 159 Å². The Hall–Kier alpha value is -0.930. The molecule has 1 amide bonds. The summed E-state index contributed by atoms with van der Waals surface area (Å²) in [6, 6.07) is 3.37. The quantitative estimate of drug-likeness (QED) is 0.703. The summed E-state index contributed by atoms with van der Waals surface area (Å²) in [6.07, 6.45) is 5.13. The van der Waals surface area contributed by atoms with E-state index in [-0.39, 0.29) is 24.7 Å². The smallest absolute Gasteiger partial charge is 0.252 e. The van der Waals surface area contributed by atoms with E-state index in [2.05, 4.69) is 16.7 Å². The molecule has 3 heterocycles. The molecule has 0 aliphatic carbocycles. The van der Waals surface area contributed by atoms with E-state index in [9.17, 15) is 13.2 Å². The second kappa shape index (κ2) is 9.14. The van der Waals surface area contributed by atoms with Gasteiger partial charge in [-0.1, -0.05) is 11.6 Å². The number of carbonyl (C=O) groups excluding carboxylic acids is 1. The number of hydrogen-bond acceptors (Lipinski definition) is 5. The van der Waals surface area contributed by atoms with E-state index in [4.69, 9.17) is 0 Å². The molecule has 6 nitrogen and oxygen atoms in total. The van der Waals surface area contributed by atoms with Gasteiger partial charge in [-0.05, 0) is 37.9 Å². The normalized spacial score (nSPS) is 18.5. The fourth-order valence-corrected chi connectivity index (χ4v) is 5.94. The van der Waals surface area contributed by atoms with Crippen molar-refractivity contribution in [1.29, 1.82) is 0 Å². The summed E-state index contributed by atoms with van der Waals surface area (Å²) < 4.78 is 26.9. The molecule has 1 aromatic rings. The number of rotatable bonds is 6. The molecule has 1 saturated heterocycles. The Bertz CT molecular complexity index is 725. The zero-order valence-corrected chi connectivity index (χ0v) is 16.4. The van der Waals surface area contributed by atoms with Gasteiger partial charge in [0, 0.05) is 31.1 Å². The van der Waals surface area contributed by atoms with Crippen LogP contribution in [0.15, 0.2) is 28.0 Å². The molecule has 2 N–H and O–H groups in total. The molecule has 0 atom stereocenters. The molecule has 0 radical (unpaired) electrons. The summed E-state index contributed by atoms with van der Waals surface area (Å²) in [5.74, 6) is -0.0681. The van der Waals surface area contributed by atoms with Crippen molar-refractivity contribution in [3.63, 3.8) is 0 Å². The third kappa shape index (κ3) is 5.27. The van der Waals surface area contributed by atoms with E-state index in [0.717, 1.165) is 37.2 Å². The maximum absolute atomic E-state index is 12.5. The largest absolute Gasteiger partial charge is 0.352 e. The van der Waals surface area contributed by atoms with Gasteiger partial charge in [-0.3, -0.25) is 4.79 Å². The molecule has 0 unspecified atom stereocenters. The molecule has 0 aromatic carbocycles. The van der Waals surface area contributed by atoms with Crippen LogP contribution in [0.2, 0.25) is 0 Å². The average molecular weight is 406 g/mol. The first kappa shape index (κ1) is 20.4. The van der Waals surface area contributed by atoms with Gasteiger partial charge >= 0.3 is 0 Å². The lowest BCUT2D eigenvalue weighted by Gasteiger charge is -2.14. The van der Waals surface area contributed by atoms with Crippen LogP contribution in [0.4, 0.5) is 0 Å². The van der Waals surface area contributed by atoms with Gasteiger partial charge in [0.1, 0.15) is 4.21 Å². The molecular formula is C16H24ClN3O3S2. The number of hydrogen-bond donors (Lipinski definition) is 2. The second-order valence-corrected chi connectivity index (χ2v) is 9.44. The lowest BCUT2D eigenvalue weighted by molar-refractivity contribution is -0.120. The molecule has 0 spiro atoms. The molecule has 9 heteroatoms. The summed E-state index contributed by atoms with van der Waals surface area (Å²) in [5, 5.41) is 6.15. The van der Waals surface area contributed by atoms with Crippen LogP contribution < -0.4 is 10.6 Å². The van der Waals surface area contributed by atoms with Crippen LogP contribution in [0, 0.1) is 0 Å². The monoisotopic (exact) mass is 405 g/mol. The maximum Gasteiger partial charge on any atom is 0.252 e. The molecular weight excluding hydrogens is 382 g/mol. The molecule has 0 saturated carbocycles. The molecule has 1 aromatic heterocycles. The molecule has 140 valence electrons. The standard InChI is InChI=1S/C16H23N3O3S2.ClH/c20-15(18-12-13-5-7-17-8-6-13)11-14-3-4-16(23-14)24(21,22)19-9-1-2-10-19;/h3-5,17H,1-2,6-12H2,(H,18,20);1H. The van der Waals surface area contributed by atoms with Gasteiger partial charge in [-0.25, -0.2) is 8.42 Å². The number of thiophene rings is 1. The van der Waals surface area contributed by atoms with Crippen molar-refractivity contribution >= 4 is 39.7 Å². The SMILES string of the molecule is Cl.O=C(Cc1ccc(S(=O)(=O)N2CCCC2)s1)NCC1=CCNCC1. The molecule has 0 bridgehead atoms. The number of halogens is 1. The molecule has 2 aliphatic heterocycles. The van der Waals surface area contributed by atoms with E-state index >= 15 is 0 Å². The second-order valence-electron chi connectivity index (χ2n) is 6.10. The highest BCUT2D eigenvalue weighted by molar-refractivity contribution is 7.91. The Morgan fingerprint density at radius 2 is 2.04 bits per heavy atom. The predicted molar refractivity (Wildman–Crippen MR) is 102 cm³/mol. The van der Waals surface area contributed by atoms with E-state index < -0.39 is 10.0 Å². The highest BCUT2D eigenvalue weighted by Gasteiger charge is 2.28. The third-order valence-corrected chi connectivity index (χ3v) is 7.75. The van der Waals surface area contributed by atoms with Crippen LogP contribution in [-0.2, 0) is 21.2 Å². The molecule has 25 heavy (non-hydrogen) atoms. The summed E-state index contributed by atoms with van der Waals surface area (Å²) >= 11 is 1.20. The van der Waals surface area contributed by atoms with Gasteiger partial charge in [-0.15, -0.1) is 23.7 Å². The van der Waals surface area contributed by atoms with Crippen LogP contribution in [0.25, 0.3) is 0 Å². The number of nitrogens with one attached hydrogen (secondary N) is 2. The van der Waals surface area contributed by atoms with Gasteiger partial charge in [0.25, 0.3) is 10.0 Å². The number of nitrogens with zero attached hydrogens (tertiary/aromatic N) is 1. The zero-order valence-electron chi connectivity index (χ0n) is 14.0. The van der Waals surface area contributed by atoms with Crippen molar-refractivity contribution in [2.24, 2.45) is 0 Å². The fourth-order valence-electron chi connectivity index (χ4n) is 2.91. The average Bonchev–Trinajstić information content (AvgIpc) is 3.26. The first-order valence-electron chi connectivity index (χ1n) is 8.30. The van der Waals surface area contributed by atoms with Crippen LogP contribution in [0.5, 0.6) is 0 Å². The minimum atomic E-state index is -3.38. The topological polar surface area (TPSA) is 78.5 Å². The maximum atomic E-state index is 12.5. The van der Waals surface area contributed by atoms with Gasteiger partial charge in [0.15, 0.2) is 0 Å². The summed E-state index contributed by atoms with van der Waals surface area (Å²) in [7, 11) is -3.38.